The van der Waals surface area contributed by atoms with Gasteiger partial charge in [0.2, 0.25) is 0 Å². The molecule has 0 amide bonds. The van der Waals surface area contributed by atoms with Gasteiger partial charge in [-0.25, -0.2) is 0 Å². The predicted molar refractivity (Wildman–Crippen MR) is 78.0 cm³/mol. The Kier molecular flexibility index (Phi) is 6.46. The van der Waals surface area contributed by atoms with Gasteiger partial charge in [-0.15, -0.1) is 0 Å². The summed E-state index contributed by atoms with van der Waals surface area (Å²) in [6, 6.07) is 0.771. The van der Waals surface area contributed by atoms with Crippen LogP contribution in [0.5, 0.6) is 0 Å². The second kappa shape index (κ2) is 8.13. The van der Waals surface area contributed by atoms with Gasteiger partial charge in [-0.1, -0.05) is 19.3 Å². The van der Waals surface area contributed by atoms with E-state index in [0.717, 1.165) is 12.0 Å². The molecule has 1 atom stereocenters. The van der Waals surface area contributed by atoms with E-state index in [9.17, 15) is 0 Å². The first kappa shape index (κ1) is 14.3. The molecule has 0 bridgehead atoms. The lowest BCUT2D eigenvalue weighted by atomic mass is 9.82. The van der Waals surface area contributed by atoms with Crippen molar-refractivity contribution in [1.29, 1.82) is 0 Å². The van der Waals surface area contributed by atoms with E-state index in [0.29, 0.717) is 0 Å². The Morgan fingerprint density at radius 3 is 2.56 bits per heavy atom. The van der Waals surface area contributed by atoms with E-state index in [2.05, 4.69) is 22.6 Å². The minimum Gasteiger partial charge on any atom is -0.317 e. The second-order valence-corrected chi connectivity index (χ2v) is 6.03. The van der Waals surface area contributed by atoms with Crippen LogP contribution in [-0.4, -0.2) is 50.7 Å². The number of piperazine rings is 1. The van der Waals surface area contributed by atoms with Crippen molar-refractivity contribution in [3.05, 3.63) is 0 Å². The van der Waals surface area contributed by atoms with Crippen LogP contribution in [0.4, 0.5) is 0 Å². The third kappa shape index (κ3) is 4.52. The highest BCUT2D eigenvalue weighted by atomic mass is 15.2. The van der Waals surface area contributed by atoms with Gasteiger partial charge in [0.1, 0.15) is 0 Å². The van der Waals surface area contributed by atoms with E-state index in [4.69, 9.17) is 0 Å². The van der Waals surface area contributed by atoms with Gasteiger partial charge in [-0.2, -0.15) is 0 Å². The Morgan fingerprint density at radius 1 is 1.17 bits per heavy atom. The Morgan fingerprint density at radius 2 is 1.89 bits per heavy atom. The number of hydrogen-bond donors (Lipinski definition) is 2. The smallest absolute Gasteiger partial charge is 0.0107 e. The summed E-state index contributed by atoms with van der Waals surface area (Å²) < 4.78 is 0. The van der Waals surface area contributed by atoms with Crippen molar-refractivity contribution < 1.29 is 0 Å². The van der Waals surface area contributed by atoms with E-state index in [-0.39, 0.29) is 0 Å². The lowest BCUT2D eigenvalue weighted by molar-refractivity contribution is 0.218. The lowest BCUT2D eigenvalue weighted by Gasteiger charge is -2.31. The van der Waals surface area contributed by atoms with E-state index < -0.39 is 0 Å². The van der Waals surface area contributed by atoms with Crippen LogP contribution in [0.3, 0.4) is 0 Å². The fourth-order valence-corrected chi connectivity index (χ4v) is 3.62. The number of nitrogens with zero attached hydrogens (tertiary/aromatic N) is 1. The van der Waals surface area contributed by atoms with Crippen LogP contribution < -0.4 is 10.6 Å². The molecule has 0 aromatic rings. The molecule has 0 spiro atoms. The maximum atomic E-state index is 3.58. The Hall–Kier alpha value is -0.120. The van der Waals surface area contributed by atoms with Crippen LogP contribution >= 0.6 is 0 Å². The monoisotopic (exact) mass is 253 g/mol. The van der Waals surface area contributed by atoms with Crippen LogP contribution in [0.15, 0.2) is 0 Å². The van der Waals surface area contributed by atoms with Gasteiger partial charge < -0.3 is 15.5 Å². The maximum Gasteiger partial charge on any atom is 0.0107 e. The molecular formula is C15H31N3. The Balaban J connectivity index is 1.63. The first-order valence-electron chi connectivity index (χ1n) is 8.00. The SMILES string of the molecule is CNC(CCCN1CCNCC1)C1CCCCC1. The number of hydrogen-bond acceptors (Lipinski definition) is 3. The topological polar surface area (TPSA) is 27.3 Å². The highest BCUT2D eigenvalue weighted by Gasteiger charge is 2.22. The molecule has 1 saturated heterocycles. The Bertz CT molecular complexity index is 208. The van der Waals surface area contributed by atoms with Crippen LogP contribution in [0.1, 0.15) is 44.9 Å². The lowest BCUT2D eigenvalue weighted by Crippen LogP contribution is -2.44. The summed E-state index contributed by atoms with van der Waals surface area (Å²) in [6.45, 7) is 6.14. The van der Waals surface area contributed by atoms with E-state index in [1.807, 2.05) is 0 Å². The van der Waals surface area contributed by atoms with E-state index in [1.165, 1.54) is 77.7 Å². The van der Waals surface area contributed by atoms with Crippen LogP contribution in [-0.2, 0) is 0 Å². The molecule has 0 aromatic heterocycles. The van der Waals surface area contributed by atoms with Crippen molar-refractivity contribution in [3.63, 3.8) is 0 Å². The zero-order valence-corrected chi connectivity index (χ0v) is 12.1. The fraction of sp³-hybridized carbons (Fsp3) is 1.00. The summed E-state index contributed by atoms with van der Waals surface area (Å²) in [5.41, 5.74) is 0. The van der Waals surface area contributed by atoms with E-state index in [1.54, 1.807) is 0 Å². The molecule has 0 radical (unpaired) electrons. The maximum absolute atomic E-state index is 3.58. The molecule has 1 heterocycles. The molecule has 2 N–H and O–H groups in total. The van der Waals surface area contributed by atoms with Crippen molar-refractivity contribution in [3.8, 4) is 0 Å². The zero-order valence-electron chi connectivity index (χ0n) is 12.1. The average molecular weight is 253 g/mol. The first-order chi connectivity index (χ1) is 8.90. The minimum atomic E-state index is 0.771. The molecule has 1 saturated carbocycles. The summed E-state index contributed by atoms with van der Waals surface area (Å²) >= 11 is 0. The van der Waals surface area contributed by atoms with Crippen LogP contribution in [0.25, 0.3) is 0 Å². The molecule has 1 aliphatic heterocycles. The second-order valence-electron chi connectivity index (χ2n) is 6.03. The molecule has 0 aromatic carbocycles. The summed E-state index contributed by atoms with van der Waals surface area (Å²) in [7, 11) is 2.16. The number of rotatable bonds is 6. The van der Waals surface area contributed by atoms with Gasteiger partial charge in [0, 0.05) is 32.2 Å². The molecule has 106 valence electrons. The summed E-state index contributed by atoms with van der Waals surface area (Å²) in [6.07, 6.45) is 10.0. The molecule has 2 rings (SSSR count). The molecule has 3 heteroatoms. The highest BCUT2D eigenvalue weighted by molar-refractivity contribution is 4.79. The Labute approximate surface area is 113 Å². The molecule has 2 fully saturated rings. The third-order valence-electron chi connectivity index (χ3n) is 4.79. The van der Waals surface area contributed by atoms with Crippen molar-refractivity contribution in [2.75, 3.05) is 39.8 Å². The van der Waals surface area contributed by atoms with Gasteiger partial charge in [0.05, 0.1) is 0 Å². The zero-order chi connectivity index (χ0) is 12.6. The number of nitrogens with one attached hydrogen (secondary N) is 2. The molecule has 3 nitrogen and oxygen atoms in total. The van der Waals surface area contributed by atoms with Gasteiger partial charge in [0.15, 0.2) is 0 Å². The molecule has 2 aliphatic rings. The fourth-order valence-electron chi connectivity index (χ4n) is 3.62. The van der Waals surface area contributed by atoms with E-state index >= 15 is 0 Å². The normalized spacial score (nSPS) is 25.2. The molecule has 18 heavy (non-hydrogen) atoms. The van der Waals surface area contributed by atoms with Crippen LogP contribution in [0.2, 0.25) is 0 Å². The van der Waals surface area contributed by atoms with Gasteiger partial charge in [-0.05, 0) is 45.2 Å². The first-order valence-corrected chi connectivity index (χ1v) is 8.00. The largest absolute Gasteiger partial charge is 0.317 e. The minimum absolute atomic E-state index is 0.771. The van der Waals surface area contributed by atoms with Crippen molar-refractivity contribution >= 4 is 0 Å². The quantitative estimate of drug-likeness (QED) is 0.756. The average Bonchev–Trinajstić information content (AvgIpc) is 2.46. The highest BCUT2D eigenvalue weighted by Crippen LogP contribution is 2.28. The van der Waals surface area contributed by atoms with Crippen molar-refractivity contribution in [1.82, 2.24) is 15.5 Å². The molecular weight excluding hydrogens is 222 g/mol. The van der Waals surface area contributed by atoms with Crippen molar-refractivity contribution in [2.45, 2.75) is 51.0 Å². The predicted octanol–water partition coefficient (Wildman–Crippen LogP) is 1.84. The summed E-state index contributed by atoms with van der Waals surface area (Å²) in [5, 5.41) is 7.00. The summed E-state index contributed by atoms with van der Waals surface area (Å²) in [5.74, 6) is 0.951. The van der Waals surface area contributed by atoms with Gasteiger partial charge in [0.25, 0.3) is 0 Å². The van der Waals surface area contributed by atoms with Crippen LogP contribution in [0, 0.1) is 5.92 Å². The summed E-state index contributed by atoms with van der Waals surface area (Å²) in [4.78, 5) is 2.62. The molecule has 1 aliphatic carbocycles. The third-order valence-corrected chi connectivity index (χ3v) is 4.79. The standard InChI is InChI=1S/C15H31N3/c1-16-15(14-6-3-2-4-7-14)8-5-11-18-12-9-17-10-13-18/h14-17H,2-13H2,1H3. The van der Waals surface area contributed by atoms with Crippen molar-refractivity contribution in [2.24, 2.45) is 5.92 Å². The van der Waals surface area contributed by atoms with Gasteiger partial charge in [-0.3, -0.25) is 0 Å². The molecule has 1 unspecified atom stereocenters. The van der Waals surface area contributed by atoms with Gasteiger partial charge >= 0.3 is 0 Å².